The number of unbranched alkanes of at least 4 members (excludes halogenated alkanes) is 2. The maximum atomic E-state index is 11.4. The number of aromatic amines is 1. The van der Waals surface area contributed by atoms with Crippen LogP contribution in [-0.2, 0) is 6.42 Å². The Labute approximate surface area is 107 Å². The Kier molecular flexibility index (Phi) is 4.29. The minimum atomic E-state index is -0.0284. The van der Waals surface area contributed by atoms with E-state index in [1.54, 1.807) is 18.5 Å². The van der Waals surface area contributed by atoms with Crippen LogP contribution in [0.3, 0.4) is 0 Å². The van der Waals surface area contributed by atoms with Gasteiger partial charge in [-0.3, -0.25) is 9.78 Å². The fourth-order valence-electron chi connectivity index (χ4n) is 2.07. The Morgan fingerprint density at radius 3 is 2.61 bits per heavy atom. The second-order valence-corrected chi connectivity index (χ2v) is 4.41. The summed E-state index contributed by atoms with van der Waals surface area (Å²) in [6.07, 6.45) is 7.94. The van der Waals surface area contributed by atoms with Crippen LogP contribution in [0, 0.1) is 0 Å². The molecule has 0 bridgehead atoms. The van der Waals surface area contributed by atoms with Gasteiger partial charge < -0.3 is 4.98 Å². The molecule has 2 aromatic rings. The molecule has 0 radical (unpaired) electrons. The van der Waals surface area contributed by atoms with E-state index >= 15 is 0 Å². The summed E-state index contributed by atoms with van der Waals surface area (Å²) in [6, 6.07) is 7.42. The Bertz CT molecular complexity index is 546. The third kappa shape index (κ3) is 3.06. The summed E-state index contributed by atoms with van der Waals surface area (Å²) in [6.45, 7) is 2.18. The molecule has 0 saturated carbocycles. The van der Waals surface area contributed by atoms with Gasteiger partial charge in [0.2, 0.25) is 5.56 Å². The standard InChI is InChI=1S/C15H18N2O/c1-2-3-4-5-14-13(6-7-15(18)17-14)12-8-10-16-11-9-12/h6-11H,2-5H2,1H3,(H,17,18). The Morgan fingerprint density at radius 1 is 1.11 bits per heavy atom. The minimum absolute atomic E-state index is 0.0284. The second-order valence-electron chi connectivity index (χ2n) is 4.41. The van der Waals surface area contributed by atoms with Gasteiger partial charge in [0.25, 0.3) is 0 Å². The van der Waals surface area contributed by atoms with Crippen molar-refractivity contribution in [1.29, 1.82) is 0 Å². The number of hydrogen-bond acceptors (Lipinski definition) is 2. The highest BCUT2D eigenvalue weighted by Gasteiger charge is 2.05. The Morgan fingerprint density at radius 2 is 1.89 bits per heavy atom. The lowest BCUT2D eigenvalue weighted by molar-refractivity contribution is 0.707. The van der Waals surface area contributed by atoms with Crippen LogP contribution in [0.25, 0.3) is 11.1 Å². The quantitative estimate of drug-likeness (QED) is 0.818. The summed E-state index contributed by atoms with van der Waals surface area (Å²) in [5, 5.41) is 0. The van der Waals surface area contributed by atoms with Gasteiger partial charge in [0.1, 0.15) is 0 Å². The van der Waals surface area contributed by atoms with Crippen molar-refractivity contribution in [2.75, 3.05) is 0 Å². The van der Waals surface area contributed by atoms with E-state index in [0.717, 1.165) is 29.7 Å². The van der Waals surface area contributed by atoms with Gasteiger partial charge in [0.15, 0.2) is 0 Å². The molecule has 18 heavy (non-hydrogen) atoms. The molecule has 0 aromatic carbocycles. The minimum Gasteiger partial charge on any atom is -0.326 e. The van der Waals surface area contributed by atoms with Gasteiger partial charge in [-0.25, -0.2) is 0 Å². The highest BCUT2D eigenvalue weighted by atomic mass is 16.1. The number of nitrogens with zero attached hydrogens (tertiary/aromatic N) is 1. The molecule has 0 aliphatic carbocycles. The molecular weight excluding hydrogens is 224 g/mol. The Hall–Kier alpha value is -1.90. The van der Waals surface area contributed by atoms with Crippen LogP contribution in [0.4, 0.5) is 0 Å². The van der Waals surface area contributed by atoms with Gasteiger partial charge in [-0.15, -0.1) is 0 Å². The molecule has 0 unspecified atom stereocenters. The molecule has 0 aliphatic rings. The first-order chi connectivity index (χ1) is 8.81. The van der Waals surface area contributed by atoms with Crippen LogP contribution in [0.1, 0.15) is 31.9 Å². The fraction of sp³-hybridized carbons (Fsp3) is 0.333. The molecule has 3 heteroatoms. The predicted molar refractivity (Wildman–Crippen MR) is 73.5 cm³/mol. The zero-order valence-electron chi connectivity index (χ0n) is 10.6. The predicted octanol–water partition coefficient (Wildman–Crippen LogP) is 3.17. The summed E-state index contributed by atoms with van der Waals surface area (Å²) < 4.78 is 0. The van der Waals surface area contributed by atoms with E-state index in [9.17, 15) is 4.79 Å². The van der Waals surface area contributed by atoms with E-state index in [-0.39, 0.29) is 5.56 Å². The molecule has 94 valence electrons. The lowest BCUT2D eigenvalue weighted by Gasteiger charge is -2.08. The number of aryl methyl sites for hydroxylation is 1. The van der Waals surface area contributed by atoms with Crippen LogP contribution in [0.2, 0.25) is 0 Å². The van der Waals surface area contributed by atoms with Gasteiger partial charge in [0, 0.05) is 29.7 Å². The smallest absolute Gasteiger partial charge is 0.248 e. The lowest BCUT2D eigenvalue weighted by atomic mass is 10.0. The van der Waals surface area contributed by atoms with Crippen LogP contribution in [0.5, 0.6) is 0 Å². The maximum absolute atomic E-state index is 11.4. The van der Waals surface area contributed by atoms with Crippen molar-refractivity contribution in [3.05, 3.63) is 52.7 Å². The lowest BCUT2D eigenvalue weighted by Crippen LogP contribution is -2.08. The summed E-state index contributed by atoms with van der Waals surface area (Å²) in [7, 11) is 0. The average Bonchev–Trinajstić information content (AvgIpc) is 2.40. The van der Waals surface area contributed by atoms with Gasteiger partial charge >= 0.3 is 0 Å². The van der Waals surface area contributed by atoms with Crippen molar-refractivity contribution in [3.63, 3.8) is 0 Å². The molecule has 0 amide bonds. The van der Waals surface area contributed by atoms with E-state index in [1.165, 1.54) is 12.8 Å². The molecule has 2 rings (SSSR count). The topological polar surface area (TPSA) is 45.8 Å². The van der Waals surface area contributed by atoms with E-state index < -0.39 is 0 Å². The van der Waals surface area contributed by atoms with Crippen molar-refractivity contribution < 1.29 is 0 Å². The number of H-pyrrole nitrogens is 1. The summed E-state index contributed by atoms with van der Waals surface area (Å²) in [5.74, 6) is 0. The van der Waals surface area contributed by atoms with Crippen molar-refractivity contribution in [1.82, 2.24) is 9.97 Å². The first-order valence-electron chi connectivity index (χ1n) is 6.44. The molecule has 0 atom stereocenters. The van der Waals surface area contributed by atoms with E-state index in [4.69, 9.17) is 0 Å². The summed E-state index contributed by atoms with van der Waals surface area (Å²) in [4.78, 5) is 18.4. The van der Waals surface area contributed by atoms with Crippen molar-refractivity contribution >= 4 is 0 Å². The molecule has 0 fully saturated rings. The number of aromatic nitrogens is 2. The molecular formula is C15H18N2O. The first-order valence-corrected chi connectivity index (χ1v) is 6.44. The van der Waals surface area contributed by atoms with Gasteiger partial charge in [-0.2, -0.15) is 0 Å². The molecule has 3 nitrogen and oxygen atoms in total. The van der Waals surface area contributed by atoms with Crippen molar-refractivity contribution in [2.45, 2.75) is 32.6 Å². The summed E-state index contributed by atoms with van der Waals surface area (Å²) in [5.41, 5.74) is 3.21. The number of pyridine rings is 2. The zero-order valence-corrected chi connectivity index (χ0v) is 10.6. The maximum Gasteiger partial charge on any atom is 0.248 e. The molecule has 1 N–H and O–H groups in total. The third-order valence-electron chi connectivity index (χ3n) is 3.02. The van der Waals surface area contributed by atoms with Gasteiger partial charge in [-0.1, -0.05) is 19.8 Å². The highest BCUT2D eigenvalue weighted by Crippen LogP contribution is 2.21. The number of rotatable bonds is 5. The van der Waals surface area contributed by atoms with Gasteiger partial charge in [0.05, 0.1) is 0 Å². The van der Waals surface area contributed by atoms with E-state index in [1.807, 2.05) is 18.2 Å². The first kappa shape index (κ1) is 12.6. The fourth-order valence-corrected chi connectivity index (χ4v) is 2.07. The molecule has 2 heterocycles. The van der Waals surface area contributed by atoms with Crippen molar-refractivity contribution in [3.8, 4) is 11.1 Å². The van der Waals surface area contributed by atoms with E-state index in [2.05, 4.69) is 16.9 Å². The highest BCUT2D eigenvalue weighted by molar-refractivity contribution is 5.65. The van der Waals surface area contributed by atoms with Crippen LogP contribution < -0.4 is 5.56 Å². The third-order valence-corrected chi connectivity index (χ3v) is 3.02. The zero-order chi connectivity index (χ0) is 12.8. The van der Waals surface area contributed by atoms with Crippen LogP contribution in [-0.4, -0.2) is 9.97 Å². The number of hydrogen-bond donors (Lipinski definition) is 1. The van der Waals surface area contributed by atoms with Crippen LogP contribution >= 0.6 is 0 Å². The molecule has 0 spiro atoms. The molecule has 2 aromatic heterocycles. The Balaban J connectivity index is 2.32. The SMILES string of the molecule is CCCCCc1[nH]c(=O)ccc1-c1ccncc1. The number of nitrogens with one attached hydrogen (secondary N) is 1. The second kappa shape index (κ2) is 6.15. The van der Waals surface area contributed by atoms with E-state index in [0.29, 0.717) is 0 Å². The normalized spacial score (nSPS) is 10.5. The van der Waals surface area contributed by atoms with Gasteiger partial charge in [-0.05, 0) is 36.6 Å². The monoisotopic (exact) mass is 242 g/mol. The van der Waals surface area contributed by atoms with Crippen molar-refractivity contribution in [2.24, 2.45) is 0 Å². The molecule has 0 saturated heterocycles. The van der Waals surface area contributed by atoms with Crippen LogP contribution in [0.15, 0.2) is 41.5 Å². The summed E-state index contributed by atoms with van der Waals surface area (Å²) >= 11 is 0. The molecule has 0 aliphatic heterocycles. The average molecular weight is 242 g/mol. The largest absolute Gasteiger partial charge is 0.326 e.